The fourth-order valence-corrected chi connectivity index (χ4v) is 4.39. The molecule has 0 spiro atoms. The van der Waals surface area contributed by atoms with Crippen LogP contribution in [0.2, 0.25) is 0 Å². The molecule has 4 rings (SSSR count). The smallest absolute Gasteiger partial charge is 0.324 e. The highest BCUT2D eigenvalue weighted by molar-refractivity contribution is 5.99. The highest BCUT2D eigenvalue weighted by Gasteiger charge is 2.45. The SMILES string of the molecule is COc1ccc(CN2C(=O)NC3CC(C(=O)NCc4ccccc4)CCC3C2=O)cc1. The summed E-state index contributed by atoms with van der Waals surface area (Å²) in [6.45, 7) is 0.698. The van der Waals surface area contributed by atoms with E-state index in [1.807, 2.05) is 54.6 Å². The third-order valence-corrected chi connectivity index (χ3v) is 6.17. The third kappa shape index (κ3) is 4.71. The maximum Gasteiger partial charge on any atom is 0.324 e. The Labute approximate surface area is 181 Å². The van der Waals surface area contributed by atoms with E-state index < -0.39 is 6.03 Å². The first-order valence-electron chi connectivity index (χ1n) is 10.6. The maximum absolute atomic E-state index is 13.0. The molecule has 2 fully saturated rings. The summed E-state index contributed by atoms with van der Waals surface area (Å²) in [5.74, 6) is 0.0554. The second kappa shape index (κ2) is 9.20. The van der Waals surface area contributed by atoms with E-state index >= 15 is 0 Å². The molecule has 1 saturated carbocycles. The molecule has 1 saturated heterocycles. The summed E-state index contributed by atoms with van der Waals surface area (Å²) in [5.41, 5.74) is 1.90. The predicted octanol–water partition coefficient (Wildman–Crippen LogP) is 2.85. The first-order chi connectivity index (χ1) is 15.0. The Morgan fingerprint density at radius 3 is 2.52 bits per heavy atom. The van der Waals surface area contributed by atoms with Gasteiger partial charge in [0.25, 0.3) is 0 Å². The van der Waals surface area contributed by atoms with Gasteiger partial charge in [0.2, 0.25) is 11.8 Å². The number of carbonyl (C=O) groups is 3. The molecule has 2 aliphatic rings. The van der Waals surface area contributed by atoms with E-state index in [2.05, 4.69) is 10.6 Å². The van der Waals surface area contributed by atoms with Gasteiger partial charge in [-0.2, -0.15) is 0 Å². The molecule has 0 bridgehead atoms. The number of hydrogen-bond donors (Lipinski definition) is 2. The van der Waals surface area contributed by atoms with Crippen molar-refractivity contribution in [2.75, 3.05) is 7.11 Å². The fourth-order valence-electron chi connectivity index (χ4n) is 4.39. The van der Waals surface area contributed by atoms with Crippen LogP contribution < -0.4 is 15.4 Å². The molecule has 2 aromatic carbocycles. The number of rotatable bonds is 6. The van der Waals surface area contributed by atoms with E-state index in [0.29, 0.717) is 25.8 Å². The summed E-state index contributed by atoms with van der Waals surface area (Å²) < 4.78 is 5.15. The highest BCUT2D eigenvalue weighted by atomic mass is 16.5. The van der Waals surface area contributed by atoms with Crippen molar-refractivity contribution < 1.29 is 19.1 Å². The quantitative estimate of drug-likeness (QED) is 0.751. The summed E-state index contributed by atoms with van der Waals surface area (Å²) in [5, 5.41) is 5.94. The molecule has 7 nitrogen and oxygen atoms in total. The number of nitrogens with zero attached hydrogens (tertiary/aromatic N) is 1. The van der Waals surface area contributed by atoms with Crippen molar-refractivity contribution in [3.05, 3.63) is 65.7 Å². The van der Waals surface area contributed by atoms with Gasteiger partial charge in [-0.15, -0.1) is 0 Å². The largest absolute Gasteiger partial charge is 0.497 e. The first kappa shape index (κ1) is 20.9. The predicted molar refractivity (Wildman–Crippen MR) is 115 cm³/mol. The van der Waals surface area contributed by atoms with Crippen LogP contribution in [-0.4, -0.2) is 35.9 Å². The van der Waals surface area contributed by atoms with Crippen LogP contribution in [0.4, 0.5) is 4.79 Å². The zero-order chi connectivity index (χ0) is 21.8. The van der Waals surface area contributed by atoms with Gasteiger partial charge in [-0.05, 0) is 42.5 Å². The van der Waals surface area contributed by atoms with Gasteiger partial charge in [-0.1, -0.05) is 42.5 Å². The highest BCUT2D eigenvalue weighted by Crippen LogP contribution is 2.33. The number of nitrogens with one attached hydrogen (secondary N) is 2. The normalized spacial score (nSPS) is 23.0. The van der Waals surface area contributed by atoms with Crippen molar-refractivity contribution in [3.63, 3.8) is 0 Å². The Hall–Kier alpha value is -3.35. The fraction of sp³-hybridized carbons (Fsp3) is 0.375. The molecule has 7 heteroatoms. The first-order valence-corrected chi connectivity index (χ1v) is 10.6. The standard InChI is InChI=1S/C24H27N3O4/c1-31-19-10-7-17(8-11-19)15-27-23(29)20-12-9-18(13-21(20)26-24(27)30)22(28)25-14-16-5-3-2-4-6-16/h2-8,10-11,18,20-21H,9,12-15H2,1H3,(H,25,28)(H,26,30). The molecule has 162 valence electrons. The van der Waals surface area contributed by atoms with E-state index in [-0.39, 0.29) is 36.2 Å². The van der Waals surface area contributed by atoms with Crippen molar-refractivity contribution in [1.29, 1.82) is 0 Å². The van der Waals surface area contributed by atoms with Gasteiger partial charge in [0.1, 0.15) is 5.75 Å². The average molecular weight is 421 g/mol. The Bertz CT molecular complexity index is 945. The third-order valence-electron chi connectivity index (χ3n) is 6.17. The number of amides is 4. The summed E-state index contributed by atoms with van der Waals surface area (Å²) in [7, 11) is 1.59. The molecule has 1 aliphatic heterocycles. The Morgan fingerprint density at radius 2 is 1.81 bits per heavy atom. The lowest BCUT2D eigenvalue weighted by Crippen LogP contribution is -2.61. The Balaban J connectivity index is 1.35. The van der Waals surface area contributed by atoms with Crippen molar-refractivity contribution in [1.82, 2.24) is 15.5 Å². The molecular weight excluding hydrogens is 394 g/mol. The van der Waals surface area contributed by atoms with Crippen LogP contribution >= 0.6 is 0 Å². The molecule has 1 aliphatic carbocycles. The Morgan fingerprint density at radius 1 is 1.06 bits per heavy atom. The zero-order valence-corrected chi connectivity index (χ0v) is 17.5. The zero-order valence-electron chi connectivity index (χ0n) is 17.5. The molecule has 1 heterocycles. The van der Waals surface area contributed by atoms with Crippen LogP contribution in [0.25, 0.3) is 0 Å². The maximum atomic E-state index is 13.0. The molecule has 0 radical (unpaired) electrons. The number of hydrogen-bond acceptors (Lipinski definition) is 4. The molecule has 3 unspecified atom stereocenters. The number of fused-ring (bicyclic) bond motifs is 1. The van der Waals surface area contributed by atoms with E-state index in [1.165, 1.54) is 4.90 Å². The van der Waals surface area contributed by atoms with Crippen molar-refractivity contribution in [2.24, 2.45) is 11.8 Å². The van der Waals surface area contributed by atoms with E-state index in [1.54, 1.807) is 7.11 Å². The van der Waals surface area contributed by atoms with Crippen LogP contribution in [-0.2, 0) is 22.7 Å². The van der Waals surface area contributed by atoms with Crippen LogP contribution in [0.15, 0.2) is 54.6 Å². The van der Waals surface area contributed by atoms with E-state index in [9.17, 15) is 14.4 Å². The van der Waals surface area contributed by atoms with Gasteiger partial charge in [-0.25, -0.2) is 4.79 Å². The van der Waals surface area contributed by atoms with Crippen molar-refractivity contribution in [3.8, 4) is 5.75 Å². The molecule has 2 N–H and O–H groups in total. The minimum atomic E-state index is -0.396. The minimum Gasteiger partial charge on any atom is -0.497 e. The molecule has 3 atom stereocenters. The second-order valence-electron chi connectivity index (χ2n) is 8.15. The van der Waals surface area contributed by atoms with Gasteiger partial charge in [-0.3, -0.25) is 14.5 Å². The van der Waals surface area contributed by atoms with Crippen LogP contribution in [0.3, 0.4) is 0 Å². The summed E-state index contributed by atoms with van der Waals surface area (Å²) in [6.07, 6.45) is 1.71. The van der Waals surface area contributed by atoms with Gasteiger partial charge in [0.05, 0.1) is 19.6 Å². The van der Waals surface area contributed by atoms with Crippen molar-refractivity contribution in [2.45, 2.75) is 38.4 Å². The van der Waals surface area contributed by atoms with Gasteiger partial charge in [0, 0.05) is 18.5 Å². The number of ether oxygens (including phenoxy) is 1. The van der Waals surface area contributed by atoms with Gasteiger partial charge in [0.15, 0.2) is 0 Å². The number of methoxy groups -OCH3 is 1. The van der Waals surface area contributed by atoms with E-state index in [0.717, 1.165) is 16.9 Å². The summed E-state index contributed by atoms with van der Waals surface area (Å²) in [6, 6.07) is 16.4. The number of urea groups is 1. The van der Waals surface area contributed by atoms with Gasteiger partial charge < -0.3 is 15.4 Å². The molecule has 31 heavy (non-hydrogen) atoms. The number of benzene rings is 2. The molecular formula is C24H27N3O4. The summed E-state index contributed by atoms with van der Waals surface area (Å²) in [4.78, 5) is 39.6. The Kier molecular flexibility index (Phi) is 6.21. The number of imide groups is 1. The van der Waals surface area contributed by atoms with E-state index in [4.69, 9.17) is 4.74 Å². The summed E-state index contributed by atoms with van der Waals surface area (Å²) >= 11 is 0. The molecule has 4 amide bonds. The minimum absolute atomic E-state index is 0.0235. The molecule has 0 aromatic heterocycles. The van der Waals surface area contributed by atoms with Crippen LogP contribution in [0.5, 0.6) is 5.75 Å². The lowest BCUT2D eigenvalue weighted by atomic mass is 9.76. The monoisotopic (exact) mass is 421 g/mol. The van der Waals surface area contributed by atoms with Crippen molar-refractivity contribution >= 4 is 17.8 Å². The lowest BCUT2D eigenvalue weighted by Gasteiger charge is -2.42. The number of carbonyl (C=O) groups excluding carboxylic acids is 3. The van der Waals surface area contributed by atoms with Gasteiger partial charge >= 0.3 is 6.03 Å². The van der Waals surface area contributed by atoms with Crippen LogP contribution in [0, 0.1) is 11.8 Å². The second-order valence-corrected chi connectivity index (χ2v) is 8.15. The average Bonchev–Trinajstić information content (AvgIpc) is 2.81. The lowest BCUT2D eigenvalue weighted by molar-refractivity contribution is -0.139. The molecule has 2 aromatic rings. The van der Waals surface area contributed by atoms with Crippen LogP contribution in [0.1, 0.15) is 30.4 Å². The topological polar surface area (TPSA) is 87.7 Å².